The smallest absolute Gasteiger partial charge is 0.316 e. The summed E-state index contributed by atoms with van der Waals surface area (Å²) in [5, 5.41) is 7.12. The lowest BCUT2D eigenvalue weighted by Gasteiger charge is -1.99. The number of hydrazone groups is 1. The third kappa shape index (κ3) is 2.83. The Morgan fingerprint density at radius 1 is 1.16 bits per heavy atom. The van der Waals surface area contributed by atoms with E-state index in [1.54, 1.807) is 0 Å². The number of oxazole rings is 1. The molecule has 0 saturated carbocycles. The molecule has 124 valence electrons. The molecular formula is C18H15N5O2. The second-order valence-corrected chi connectivity index (χ2v) is 5.48. The minimum absolute atomic E-state index is 0.174. The van der Waals surface area contributed by atoms with Gasteiger partial charge in [0.2, 0.25) is 0 Å². The van der Waals surface area contributed by atoms with Crippen LogP contribution in [0.4, 0.5) is 6.01 Å². The minimum Gasteiger partial charge on any atom is -0.422 e. The van der Waals surface area contributed by atoms with Crippen molar-refractivity contribution in [2.45, 2.75) is 6.92 Å². The van der Waals surface area contributed by atoms with Crippen LogP contribution >= 0.6 is 0 Å². The van der Waals surface area contributed by atoms with Gasteiger partial charge in [-0.15, -0.1) is 0 Å². The van der Waals surface area contributed by atoms with Gasteiger partial charge in [0.05, 0.1) is 17.5 Å². The van der Waals surface area contributed by atoms with Crippen molar-refractivity contribution in [1.29, 1.82) is 0 Å². The van der Waals surface area contributed by atoms with Crippen LogP contribution in [0.3, 0.4) is 0 Å². The number of aromatic amines is 1. The molecule has 2 aromatic carbocycles. The van der Waals surface area contributed by atoms with Crippen LogP contribution in [0, 0.1) is 6.92 Å². The van der Waals surface area contributed by atoms with Crippen LogP contribution in [0.5, 0.6) is 0 Å². The first-order valence-electron chi connectivity index (χ1n) is 7.74. The summed E-state index contributed by atoms with van der Waals surface area (Å²) < 4.78 is 7.00. The van der Waals surface area contributed by atoms with Gasteiger partial charge in [0, 0.05) is 5.69 Å². The molecule has 0 aliphatic carbocycles. The van der Waals surface area contributed by atoms with Crippen LogP contribution < -0.4 is 11.0 Å². The van der Waals surface area contributed by atoms with Gasteiger partial charge in [-0.25, -0.2) is 10.1 Å². The monoisotopic (exact) mass is 333 g/mol. The Labute approximate surface area is 142 Å². The van der Waals surface area contributed by atoms with Crippen molar-refractivity contribution in [2.24, 2.45) is 5.10 Å². The van der Waals surface area contributed by atoms with Crippen LogP contribution in [0.2, 0.25) is 0 Å². The first kappa shape index (κ1) is 14.9. The summed E-state index contributed by atoms with van der Waals surface area (Å²) in [5.41, 5.74) is 5.90. The molecule has 0 amide bonds. The lowest BCUT2D eigenvalue weighted by molar-refractivity contribution is 0.617. The molecule has 0 radical (unpaired) electrons. The number of para-hydroxylation sites is 3. The second-order valence-electron chi connectivity index (χ2n) is 5.48. The van der Waals surface area contributed by atoms with Crippen LogP contribution in [0.15, 0.2) is 68.9 Å². The lowest BCUT2D eigenvalue weighted by Crippen LogP contribution is -2.17. The van der Waals surface area contributed by atoms with Crippen molar-refractivity contribution in [2.75, 3.05) is 5.43 Å². The number of nitrogens with one attached hydrogen (secondary N) is 2. The van der Waals surface area contributed by atoms with Crippen molar-refractivity contribution in [1.82, 2.24) is 14.8 Å². The number of fused-ring (bicyclic) bond motifs is 1. The van der Waals surface area contributed by atoms with Crippen LogP contribution in [0.1, 0.15) is 11.3 Å². The number of benzene rings is 2. The third-order valence-electron chi connectivity index (χ3n) is 3.78. The van der Waals surface area contributed by atoms with Crippen LogP contribution in [-0.4, -0.2) is 21.0 Å². The highest BCUT2D eigenvalue weighted by Crippen LogP contribution is 2.17. The van der Waals surface area contributed by atoms with Crippen LogP contribution in [0.25, 0.3) is 16.8 Å². The van der Waals surface area contributed by atoms with Crippen molar-refractivity contribution < 1.29 is 4.42 Å². The fraction of sp³-hybridized carbons (Fsp3) is 0.0556. The molecule has 7 heteroatoms. The fourth-order valence-corrected chi connectivity index (χ4v) is 2.54. The topological polar surface area (TPSA) is 88.2 Å². The Morgan fingerprint density at radius 2 is 1.92 bits per heavy atom. The molecule has 0 spiro atoms. The van der Waals surface area contributed by atoms with E-state index in [0.29, 0.717) is 11.1 Å². The molecule has 0 fully saturated rings. The van der Waals surface area contributed by atoms with E-state index in [1.807, 2.05) is 61.5 Å². The average Bonchev–Trinajstić information content (AvgIpc) is 3.17. The number of nitrogens with zero attached hydrogens (tertiary/aromatic N) is 3. The van der Waals surface area contributed by atoms with Gasteiger partial charge in [0.1, 0.15) is 5.52 Å². The highest BCUT2D eigenvalue weighted by atomic mass is 16.4. The lowest BCUT2D eigenvalue weighted by atomic mass is 10.3. The fourth-order valence-electron chi connectivity index (χ4n) is 2.54. The second kappa shape index (κ2) is 6.12. The Kier molecular flexibility index (Phi) is 3.66. The van der Waals surface area contributed by atoms with E-state index in [-0.39, 0.29) is 11.6 Å². The summed E-state index contributed by atoms with van der Waals surface area (Å²) in [6, 6.07) is 17.1. The highest BCUT2D eigenvalue weighted by Gasteiger charge is 2.10. The van der Waals surface area contributed by atoms with E-state index in [9.17, 15) is 4.79 Å². The summed E-state index contributed by atoms with van der Waals surface area (Å²) in [4.78, 5) is 16.8. The van der Waals surface area contributed by atoms with Crippen molar-refractivity contribution in [3.63, 3.8) is 0 Å². The average molecular weight is 333 g/mol. The first-order valence-corrected chi connectivity index (χ1v) is 7.74. The molecule has 4 aromatic rings. The molecule has 0 unspecified atom stereocenters. The largest absolute Gasteiger partial charge is 0.422 e. The van der Waals surface area contributed by atoms with Gasteiger partial charge < -0.3 is 4.42 Å². The van der Waals surface area contributed by atoms with Gasteiger partial charge in [-0.1, -0.05) is 30.3 Å². The summed E-state index contributed by atoms with van der Waals surface area (Å²) in [5.74, 6) is 0. The van der Waals surface area contributed by atoms with E-state index in [4.69, 9.17) is 4.42 Å². The number of aromatic nitrogens is 3. The maximum absolute atomic E-state index is 12.5. The molecule has 2 heterocycles. The van der Waals surface area contributed by atoms with Crippen molar-refractivity contribution in [3.8, 4) is 5.69 Å². The quantitative estimate of drug-likeness (QED) is 0.444. The van der Waals surface area contributed by atoms with E-state index in [2.05, 4.69) is 20.6 Å². The Bertz CT molecular complexity index is 1070. The molecule has 4 rings (SSSR count). The molecule has 2 N–H and O–H groups in total. The maximum atomic E-state index is 12.5. The van der Waals surface area contributed by atoms with E-state index >= 15 is 0 Å². The number of H-pyrrole nitrogens is 1. The first-order chi connectivity index (χ1) is 12.2. The number of anilines is 1. The molecule has 0 aliphatic heterocycles. The summed E-state index contributed by atoms with van der Waals surface area (Å²) in [6.45, 7) is 1.82. The summed E-state index contributed by atoms with van der Waals surface area (Å²) in [7, 11) is 0. The SMILES string of the molecule is Cc1[nH]n(-c2ccccc2)c(=O)c1C=NNc1nc2ccccc2o1. The van der Waals surface area contributed by atoms with Gasteiger partial charge >= 0.3 is 6.01 Å². The molecule has 0 atom stereocenters. The van der Waals surface area contributed by atoms with Gasteiger partial charge in [0.25, 0.3) is 5.56 Å². The van der Waals surface area contributed by atoms with Crippen LogP contribution in [-0.2, 0) is 0 Å². The zero-order chi connectivity index (χ0) is 17.2. The van der Waals surface area contributed by atoms with E-state index in [1.165, 1.54) is 10.9 Å². The standard InChI is InChI=1S/C18H15N5O2/c1-12-14(17(24)23(22-12)13-7-3-2-4-8-13)11-19-21-18-20-15-9-5-6-10-16(15)25-18/h2-11,22H,1H3,(H,20,21). The van der Waals surface area contributed by atoms with E-state index < -0.39 is 0 Å². The molecule has 2 aromatic heterocycles. The Balaban J connectivity index is 1.59. The normalized spacial score (nSPS) is 11.4. The molecule has 0 saturated heterocycles. The number of hydrogen-bond acceptors (Lipinski definition) is 5. The molecule has 7 nitrogen and oxygen atoms in total. The van der Waals surface area contributed by atoms with Gasteiger partial charge in [-0.2, -0.15) is 10.1 Å². The molecule has 0 bridgehead atoms. The highest BCUT2D eigenvalue weighted by molar-refractivity contribution is 5.81. The third-order valence-corrected chi connectivity index (χ3v) is 3.78. The number of aryl methyl sites for hydroxylation is 1. The van der Waals surface area contributed by atoms with Gasteiger partial charge in [-0.3, -0.25) is 9.89 Å². The Morgan fingerprint density at radius 3 is 2.72 bits per heavy atom. The number of rotatable bonds is 4. The molecule has 0 aliphatic rings. The van der Waals surface area contributed by atoms with Crippen molar-refractivity contribution in [3.05, 3.63) is 76.2 Å². The van der Waals surface area contributed by atoms with Crippen molar-refractivity contribution >= 4 is 23.3 Å². The predicted octanol–water partition coefficient (Wildman–Crippen LogP) is 3.06. The minimum atomic E-state index is -0.174. The molecule has 25 heavy (non-hydrogen) atoms. The summed E-state index contributed by atoms with van der Waals surface area (Å²) >= 11 is 0. The zero-order valence-electron chi connectivity index (χ0n) is 13.4. The van der Waals surface area contributed by atoms with E-state index in [0.717, 1.165) is 16.9 Å². The summed E-state index contributed by atoms with van der Waals surface area (Å²) in [6.07, 6.45) is 1.46. The molecular weight excluding hydrogens is 318 g/mol. The Hall–Kier alpha value is -3.61. The van der Waals surface area contributed by atoms with Gasteiger partial charge in [-0.05, 0) is 31.2 Å². The predicted molar refractivity (Wildman–Crippen MR) is 96.4 cm³/mol. The maximum Gasteiger partial charge on any atom is 0.316 e. The number of hydrogen-bond donors (Lipinski definition) is 2. The van der Waals surface area contributed by atoms with Gasteiger partial charge in [0.15, 0.2) is 5.58 Å². The zero-order valence-corrected chi connectivity index (χ0v) is 13.4.